The molecule has 3 aromatic rings. The van der Waals surface area contributed by atoms with Crippen LogP contribution < -0.4 is 15.1 Å². The number of halogens is 1. The van der Waals surface area contributed by atoms with Crippen molar-refractivity contribution in [1.29, 1.82) is 0 Å². The van der Waals surface area contributed by atoms with Gasteiger partial charge in [-0.25, -0.2) is 4.98 Å². The lowest BCUT2D eigenvalue weighted by Gasteiger charge is -2.37. The zero-order chi connectivity index (χ0) is 25.9. The molecule has 194 valence electrons. The number of nitrogens with zero attached hydrogens (tertiary/aromatic N) is 5. The number of aryl methyl sites for hydroxylation is 2. The first kappa shape index (κ1) is 25.3. The summed E-state index contributed by atoms with van der Waals surface area (Å²) in [4.78, 5) is 29.0. The number of aromatic nitrogens is 2. The largest absolute Gasteiger partial charge is 0.382 e. The molecule has 1 amide bonds. The van der Waals surface area contributed by atoms with Crippen LogP contribution in [-0.4, -0.2) is 66.1 Å². The Morgan fingerprint density at radius 1 is 0.946 bits per heavy atom. The molecule has 0 unspecified atom stereocenters. The molecule has 2 aliphatic rings. The van der Waals surface area contributed by atoms with E-state index in [1.807, 2.05) is 29.3 Å². The SMILES string of the molecule is Cc1cc(C)c(C(=O)N2CCN(c3cccnc3)CC2)c(C)c1NC1CCN(c2ncccc2Cl)CC1. The Hall–Kier alpha value is -3.32. The number of hydrogen-bond donors (Lipinski definition) is 1. The van der Waals surface area contributed by atoms with Crippen LogP contribution in [0, 0.1) is 20.8 Å². The van der Waals surface area contributed by atoms with Crippen molar-refractivity contribution in [2.75, 3.05) is 54.4 Å². The van der Waals surface area contributed by atoms with Gasteiger partial charge in [0.05, 0.1) is 16.9 Å². The summed E-state index contributed by atoms with van der Waals surface area (Å²) in [7, 11) is 0. The van der Waals surface area contributed by atoms with Gasteiger partial charge in [0, 0.05) is 69.0 Å². The predicted octanol–water partition coefficient (Wildman–Crippen LogP) is 5.10. The second kappa shape index (κ2) is 11.0. The molecule has 5 rings (SSSR count). The van der Waals surface area contributed by atoms with Crippen molar-refractivity contribution < 1.29 is 4.79 Å². The number of hydrogen-bond acceptors (Lipinski definition) is 6. The van der Waals surface area contributed by atoms with E-state index in [0.29, 0.717) is 24.2 Å². The summed E-state index contributed by atoms with van der Waals surface area (Å²) in [5, 5.41) is 4.49. The number of carbonyl (C=O) groups excluding carboxylic acids is 1. The van der Waals surface area contributed by atoms with Crippen molar-refractivity contribution in [3.8, 4) is 0 Å². The van der Waals surface area contributed by atoms with E-state index >= 15 is 0 Å². The molecule has 1 N–H and O–H groups in total. The summed E-state index contributed by atoms with van der Waals surface area (Å²) in [6.07, 6.45) is 7.44. The average Bonchev–Trinajstić information content (AvgIpc) is 2.92. The summed E-state index contributed by atoms with van der Waals surface area (Å²) in [5.74, 6) is 0.991. The molecule has 2 fully saturated rings. The molecule has 8 heteroatoms. The molecule has 2 saturated heterocycles. The van der Waals surface area contributed by atoms with E-state index in [2.05, 4.69) is 58.0 Å². The van der Waals surface area contributed by atoms with Crippen molar-refractivity contribution in [3.63, 3.8) is 0 Å². The van der Waals surface area contributed by atoms with Gasteiger partial charge in [0.25, 0.3) is 5.91 Å². The maximum Gasteiger partial charge on any atom is 0.254 e. The summed E-state index contributed by atoms with van der Waals surface area (Å²) < 4.78 is 0. The molecule has 4 heterocycles. The second-order valence-electron chi connectivity index (χ2n) is 10.1. The number of pyridine rings is 2. The third-order valence-corrected chi connectivity index (χ3v) is 7.94. The lowest BCUT2D eigenvalue weighted by atomic mass is 9.94. The van der Waals surface area contributed by atoms with Gasteiger partial charge in [-0.05, 0) is 74.6 Å². The van der Waals surface area contributed by atoms with Crippen LogP contribution in [0.25, 0.3) is 0 Å². The van der Waals surface area contributed by atoms with Crippen molar-refractivity contribution >= 4 is 34.7 Å². The Morgan fingerprint density at radius 2 is 1.68 bits per heavy atom. The van der Waals surface area contributed by atoms with Crippen molar-refractivity contribution in [2.24, 2.45) is 0 Å². The Labute approximate surface area is 224 Å². The highest BCUT2D eigenvalue weighted by Crippen LogP contribution is 2.32. The molecular weight excluding hydrogens is 484 g/mol. The lowest BCUT2D eigenvalue weighted by molar-refractivity contribution is 0.0745. The molecule has 2 aromatic heterocycles. The normalized spacial score (nSPS) is 16.7. The fourth-order valence-corrected chi connectivity index (χ4v) is 5.89. The van der Waals surface area contributed by atoms with Crippen molar-refractivity contribution in [1.82, 2.24) is 14.9 Å². The third-order valence-electron chi connectivity index (χ3n) is 7.65. The van der Waals surface area contributed by atoms with Crippen molar-refractivity contribution in [3.05, 3.63) is 76.2 Å². The number of carbonyl (C=O) groups is 1. The maximum atomic E-state index is 13.7. The summed E-state index contributed by atoms with van der Waals surface area (Å²) in [6, 6.07) is 10.3. The van der Waals surface area contributed by atoms with Gasteiger partial charge in [0.15, 0.2) is 0 Å². The minimum atomic E-state index is 0.128. The first-order chi connectivity index (χ1) is 17.9. The second-order valence-corrected chi connectivity index (χ2v) is 10.5. The number of benzene rings is 1. The molecule has 1 aromatic carbocycles. The number of piperidine rings is 1. The van der Waals surface area contributed by atoms with E-state index < -0.39 is 0 Å². The van der Waals surface area contributed by atoms with E-state index in [-0.39, 0.29) is 5.91 Å². The zero-order valence-electron chi connectivity index (χ0n) is 21.9. The smallest absolute Gasteiger partial charge is 0.254 e. The summed E-state index contributed by atoms with van der Waals surface area (Å²) in [6.45, 7) is 11.1. The molecule has 7 nitrogen and oxygen atoms in total. The van der Waals surface area contributed by atoms with Crippen LogP contribution in [0.2, 0.25) is 5.02 Å². The molecule has 0 aliphatic carbocycles. The third kappa shape index (κ3) is 5.37. The molecule has 37 heavy (non-hydrogen) atoms. The number of amides is 1. The van der Waals surface area contributed by atoms with E-state index in [1.54, 1.807) is 12.4 Å². The molecule has 2 aliphatic heterocycles. The van der Waals surface area contributed by atoms with Gasteiger partial charge >= 0.3 is 0 Å². The summed E-state index contributed by atoms with van der Waals surface area (Å²) >= 11 is 6.37. The van der Waals surface area contributed by atoms with Crippen LogP contribution in [0.15, 0.2) is 48.9 Å². The first-order valence-corrected chi connectivity index (χ1v) is 13.5. The minimum absolute atomic E-state index is 0.128. The van der Waals surface area contributed by atoms with Crippen LogP contribution in [-0.2, 0) is 0 Å². The first-order valence-electron chi connectivity index (χ1n) is 13.1. The van der Waals surface area contributed by atoms with Gasteiger partial charge in [0.2, 0.25) is 0 Å². The number of piperazine rings is 1. The fourth-order valence-electron chi connectivity index (χ4n) is 5.65. The lowest BCUT2D eigenvalue weighted by Crippen LogP contribution is -2.49. The Kier molecular flexibility index (Phi) is 7.51. The fraction of sp³-hybridized carbons (Fsp3) is 0.414. The van der Waals surface area contributed by atoms with E-state index in [1.165, 1.54) is 5.56 Å². The number of rotatable bonds is 5. The predicted molar refractivity (Wildman–Crippen MR) is 151 cm³/mol. The van der Waals surface area contributed by atoms with Crippen LogP contribution in [0.3, 0.4) is 0 Å². The van der Waals surface area contributed by atoms with Crippen LogP contribution in [0.4, 0.5) is 17.2 Å². The monoisotopic (exact) mass is 518 g/mol. The summed E-state index contributed by atoms with van der Waals surface area (Å²) in [5.41, 5.74) is 6.31. The highest BCUT2D eigenvalue weighted by molar-refractivity contribution is 6.32. The van der Waals surface area contributed by atoms with Gasteiger partial charge in [-0.2, -0.15) is 0 Å². The van der Waals surface area contributed by atoms with Gasteiger partial charge < -0.3 is 20.0 Å². The van der Waals surface area contributed by atoms with E-state index in [4.69, 9.17) is 11.6 Å². The molecule has 0 bridgehead atoms. The number of anilines is 3. The van der Waals surface area contributed by atoms with Crippen LogP contribution in [0.1, 0.15) is 39.9 Å². The highest BCUT2D eigenvalue weighted by atomic mass is 35.5. The maximum absolute atomic E-state index is 13.7. The quantitative estimate of drug-likeness (QED) is 0.507. The van der Waals surface area contributed by atoms with Gasteiger partial charge in [-0.1, -0.05) is 17.7 Å². The van der Waals surface area contributed by atoms with Crippen LogP contribution in [0.5, 0.6) is 0 Å². The molecule has 0 radical (unpaired) electrons. The Bertz CT molecular complexity index is 1250. The van der Waals surface area contributed by atoms with Crippen LogP contribution >= 0.6 is 11.6 Å². The van der Waals surface area contributed by atoms with Gasteiger partial charge in [-0.15, -0.1) is 0 Å². The highest BCUT2D eigenvalue weighted by Gasteiger charge is 2.27. The van der Waals surface area contributed by atoms with E-state index in [9.17, 15) is 4.79 Å². The molecule has 0 saturated carbocycles. The topological polar surface area (TPSA) is 64.6 Å². The number of nitrogens with one attached hydrogen (secondary N) is 1. The minimum Gasteiger partial charge on any atom is -0.382 e. The zero-order valence-corrected chi connectivity index (χ0v) is 22.6. The molecule has 0 spiro atoms. The van der Waals surface area contributed by atoms with Gasteiger partial charge in [-0.3, -0.25) is 9.78 Å². The van der Waals surface area contributed by atoms with Crippen molar-refractivity contribution in [2.45, 2.75) is 39.7 Å². The van der Waals surface area contributed by atoms with Gasteiger partial charge in [0.1, 0.15) is 5.82 Å². The molecule has 0 atom stereocenters. The molecular formula is C29H35ClN6O. The van der Waals surface area contributed by atoms with E-state index in [0.717, 1.165) is 72.9 Å². The Morgan fingerprint density at radius 3 is 2.35 bits per heavy atom. The average molecular weight is 519 g/mol. The Balaban J connectivity index is 1.26. The standard InChI is InChI=1S/C29H35ClN6O/c1-20-18-21(2)27(33-23-8-12-35(13-9-23)28-25(30)7-5-11-32-28)22(3)26(20)29(37)36-16-14-34(15-17-36)24-6-4-10-31-19-24/h4-7,10-11,18-19,23,33H,8-9,12-17H2,1-3H3.